The molecule has 1 rings (SSSR count). The highest BCUT2D eigenvalue weighted by atomic mass is 79.9. The third kappa shape index (κ3) is 4.04. The van der Waals surface area contributed by atoms with Gasteiger partial charge in [0.1, 0.15) is 5.75 Å². The number of hydrogen-bond donors (Lipinski definition) is 0. The summed E-state index contributed by atoms with van der Waals surface area (Å²) in [5, 5.41) is 10.2. The van der Waals surface area contributed by atoms with Crippen LogP contribution in [0.1, 0.15) is 5.56 Å². The van der Waals surface area contributed by atoms with E-state index in [9.17, 15) is 9.90 Å². The lowest BCUT2D eigenvalue weighted by Crippen LogP contribution is -2.18. The van der Waals surface area contributed by atoms with E-state index in [1.165, 1.54) is 13.2 Å². The first-order valence-electron chi connectivity index (χ1n) is 4.44. The van der Waals surface area contributed by atoms with Gasteiger partial charge in [-0.25, -0.2) is 0 Å². The summed E-state index contributed by atoms with van der Waals surface area (Å²) in [6.45, 7) is 0.160. The molecule has 0 fully saturated rings. The summed E-state index contributed by atoms with van der Waals surface area (Å²) in [4.78, 5) is 10.2. The van der Waals surface area contributed by atoms with Gasteiger partial charge in [0.25, 0.3) is 0 Å². The van der Waals surface area contributed by atoms with Crippen molar-refractivity contribution in [2.75, 3.05) is 13.9 Å². The minimum atomic E-state index is -1.23. The second kappa shape index (κ2) is 6.30. The summed E-state index contributed by atoms with van der Waals surface area (Å²) < 4.78 is 10.7. The van der Waals surface area contributed by atoms with E-state index in [0.29, 0.717) is 5.75 Å². The molecule has 0 aromatic heterocycles. The standard InChI is InChI=1S/C11H11BrO4/c1-15-7-16-10-4-2-8(6-9(10)12)3-5-11(13)14/h2-6H,7H2,1H3,(H,13,14)/p-1/b5-3+. The number of carboxylic acids is 1. The van der Waals surface area contributed by atoms with Crippen molar-refractivity contribution in [3.63, 3.8) is 0 Å². The summed E-state index contributed by atoms with van der Waals surface area (Å²) in [5.74, 6) is -0.594. The Labute approximate surface area is 102 Å². The van der Waals surface area contributed by atoms with Crippen LogP contribution in [0.2, 0.25) is 0 Å². The molecule has 0 saturated heterocycles. The van der Waals surface area contributed by atoms with Crippen LogP contribution in [0, 0.1) is 0 Å². The van der Waals surface area contributed by atoms with E-state index >= 15 is 0 Å². The number of benzene rings is 1. The fourth-order valence-corrected chi connectivity index (χ4v) is 1.54. The molecule has 5 heteroatoms. The van der Waals surface area contributed by atoms with Crippen LogP contribution in [0.15, 0.2) is 28.7 Å². The SMILES string of the molecule is COCOc1ccc(/C=C/C(=O)[O-])cc1Br. The van der Waals surface area contributed by atoms with Gasteiger partial charge in [0.2, 0.25) is 0 Å². The Bertz CT molecular complexity index is 401. The molecule has 0 spiro atoms. The largest absolute Gasteiger partial charge is 0.545 e. The van der Waals surface area contributed by atoms with Crippen molar-refractivity contribution in [1.29, 1.82) is 0 Å². The number of carbonyl (C=O) groups is 1. The second-order valence-electron chi connectivity index (χ2n) is 2.89. The summed E-state index contributed by atoms with van der Waals surface area (Å²) in [6, 6.07) is 5.19. The molecular formula is C11H10BrO4-. The fraction of sp³-hybridized carbons (Fsp3) is 0.182. The van der Waals surface area contributed by atoms with Crippen LogP contribution >= 0.6 is 15.9 Å². The molecule has 0 saturated carbocycles. The number of rotatable bonds is 5. The van der Waals surface area contributed by atoms with Crippen molar-refractivity contribution in [2.45, 2.75) is 0 Å². The zero-order valence-corrected chi connectivity index (χ0v) is 10.2. The Morgan fingerprint density at radius 2 is 2.31 bits per heavy atom. The number of aliphatic carboxylic acids is 1. The van der Waals surface area contributed by atoms with E-state index in [1.807, 2.05) is 0 Å². The van der Waals surface area contributed by atoms with Crippen LogP contribution in [0.3, 0.4) is 0 Å². The van der Waals surface area contributed by atoms with Crippen LogP contribution in [0.4, 0.5) is 0 Å². The molecule has 0 aliphatic carbocycles. The third-order valence-corrected chi connectivity index (χ3v) is 2.32. The first-order chi connectivity index (χ1) is 7.63. The first kappa shape index (κ1) is 12.7. The maximum atomic E-state index is 10.2. The number of hydrogen-bond acceptors (Lipinski definition) is 4. The van der Waals surface area contributed by atoms with Crippen molar-refractivity contribution in [3.8, 4) is 5.75 Å². The van der Waals surface area contributed by atoms with Gasteiger partial charge in [-0.2, -0.15) is 0 Å². The Morgan fingerprint density at radius 1 is 1.56 bits per heavy atom. The van der Waals surface area contributed by atoms with E-state index < -0.39 is 5.97 Å². The molecule has 0 unspecified atom stereocenters. The van der Waals surface area contributed by atoms with Gasteiger partial charge in [-0.15, -0.1) is 0 Å². The van der Waals surface area contributed by atoms with Gasteiger partial charge in [0, 0.05) is 7.11 Å². The normalized spacial score (nSPS) is 10.6. The van der Waals surface area contributed by atoms with Crippen molar-refractivity contribution in [3.05, 3.63) is 34.3 Å². The molecule has 0 amide bonds. The predicted octanol–water partition coefficient (Wildman–Crippen LogP) is 1.19. The van der Waals surface area contributed by atoms with Crippen LogP contribution in [-0.2, 0) is 9.53 Å². The van der Waals surface area contributed by atoms with Crippen LogP contribution in [-0.4, -0.2) is 19.9 Å². The van der Waals surface area contributed by atoms with E-state index in [4.69, 9.17) is 9.47 Å². The Balaban J connectivity index is 2.78. The Hall–Kier alpha value is -1.33. The molecule has 0 aliphatic heterocycles. The summed E-state index contributed by atoms with van der Waals surface area (Å²) >= 11 is 3.31. The molecule has 1 aromatic carbocycles. The topological polar surface area (TPSA) is 58.6 Å². The minimum absolute atomic E-state index is 0.160. The zero-order chi connectivity index (χ0) is 12.0. The van der Waals surface area contributed by atoms with Gasteiger partial charge in [-0.1, -0.05) is 12.1 Å². The maximum Gasteiger partial charge on any atom is 0.188 e. The molecule has 0 aliphatic rings. The molecule has 86 valence electrons. The smallest absolute Gasteiger partial charge is 0.188 e. The van der Waals surface area contributed by atoms with Gasteiger partial charge in [0.15, 0.2) is 6.79 Å². The lowest BCUT2D eigenvalue weighted by molar-refractivity contribution is -0.297. The van der Waals surface area contributed by atoms with E-state index in [-0.39, 0.29) is 6.79 Å². The van der Waals surface area contributed by atoms with E-state index in [1.54, 1.807) is 18.2 Å². The number of halogens is 1. The van der Waals surface area contributed by atoms with E-state index in [0.717, 1.165) is 16.1 Å². The van der Waals surface area contributed by atoms with Crippen LogP contribution in [0.5, 0.6) is 5.75 Å². The highest BCUT2D eigenvalue weighted by molar-refractivity contribution is 9.10. The maximum absolute atomic E-state index is 10.2. The molecule has 0 bridgehead atoms. The minimum Gasteiger partial charge on any atom is -0.545 e. The predicted molar refractivity (Wildman–Crippen MR) is 60.7 cm³/mol. The molecule has 16 heavy (non-hydrogen) atoms. The van der Waals surface area contributed by atoms with E-state index in [2.05, 4.69) is 15.9 Å². The van der Waals surface area contributed by atoms with Gasteiger partial charge in [-0.3, -0.25) is 0 Å². The third-order valence-electron chi connectivity index (χ3n) is 1.70. The van der Waals surface area contributed by atoms with Gasteiger partial charge in [0.05, 0.1) is 10.4 Å². The highest BCUT2D eigenvalue weighted by Crippen LogP contribution is 2.26. The van der Waals surface area contributed by atoms with Crippen LogP contribution in [0.25, 0.3) is 6.08 Å². The zero-order valence-electron chi connectivity index (χ0n) is 8.60. The summed E-state index contributed by atoms with van der Waals surface area (Å²) in [6.07, 6.45) is 2.41. The Morgan fingerprint density at radius 3 is 2.88 bits per heavy atom. The monoisotopic (exact) mass is 285 g/mol. The number of ether oxygens (including phenoxy) is 2. The van der Waals surface area contributed by atoms with Crippen molar-refractivity contribution < 1.29 is 19.4 Å². The molecule has 0 heterocycles. The number of carboxylic acid groups (broad SMARTS) is 1. The molecule has 0 atom stereocenters. The molecule has 4 nitrogen and oxygen atoms in total. The van der Waals surface area contributed by atoms with Gasteiger partial charge in [-0.05, 0) is 39.7 Å². The number of methoxy groups -OCH3 is 1. The average molecular weight is 286 g/mol. The lowest BCUT2D eigenvalue weighted by atomic mass is 10.2. The van der Waals surface area contributed by atoms with Crippen molar-refractivity contribution in [1.82, 2.24) is 0 Å². The Kier molecular flexibility index (Phi) is 5.01. The van der Waals surface area contributed by atoms with Gasteiger partial charge >= 0.3 is 0 Å². The second-order valence-corrected chi connectivity index (χ2v) is 3.75. The lowest BCUT2D eigenvalue weighted by Gasteiger charge is -2.07. The summed E-state index contributed by atoms with van der Waals surface area (Å²) in [7, 11) is 1.53. The average Bonchev–Trinajstić information content (AvgIpc) is 2.25. The first-order valence-corrected chi connectivity index (χ1v) is 5.23. The molecular weight excluding hydrogens is 276 g/mol. The van der Waals surface area contributed by atoms with Gasteiger partial charge < -0.3 is 19.4 Å². The van der Waals surface area contributed by atoms with Crippen molar-refractivity contribution in [2.24, 2.45) is 0 Å². The fourth-order valence-electron chi connectivity index (χ4n) is 1.02. The molecule has 0 radical (unpaired) electrons. The number of carbonyl (C=O) groups excluding carboxylic acids is 1. The quantitative estimate of drug-likeness (QED) is 0.602. The molecule has 1 aromatic rings. The highest BCUT2D eigenvalue weighted by Gasteiger charge is 2.00. The van der Waals surface area contributed by atoms with Crippen LogP contribution < -0.4 is 9.84 Å². The summed E-state index contributed by atoms with van der Waals surface area (Å²) in [5.41, 5.74) is 0.737. The van der Waals surface area contributed by atoms with Crippen molar-refractivity contribution >= 4 is 28.0 Å². The molecule has 0 N–H and O–H groups in total.